The summed E-state index contributed by atoms with van der Waals surface area (Å²) in [6.07, 6.45) is 82.4. The fraction of sp³-hybridized carbons (Fsp3) is 0.914. The monoisotopic (exact) mass is 1070 g/mol. The number of esters is 1. The minimum atomic E-state index is -0.846. The van der Waals surface area contributed by atoms with Crippen LogP contribution in [0.25, 0.3) is 0 Å². The van der Waals surface area contributed by atoms with Crippen LogP contribution in [0.1, 0.15) is 386 Å². The Hall–Kier alpha value is -1.66. The second-order valence-electron chi connectivity index (χ2n) is 23.9. The first-order chi connectivity index (χ1) is 37.5. The molecule has 2 atom stereocenters. The zero-order chi connectivity index (χ0) is 55.0. The quantitative estimate of drug-likeness (QED) is 0.0320. The molecule has 0 fully saturated rings. The van der Waals surface area contributed by atoms with Gasteiger partial charge in [-0.25, -0.2) is 0 Å². The Balaban J connectivity index is 3.40. The smallest absolute Gasteiger partial charge is 0.305 e. The van der Waals surface area contributed by atoms with Crippen molar-refractivity contribution >= 4 is 11.9 Å². The predicted octanol–water partition coefficient (Wildman–Crippen LogP) is 22.1. The largest absolute Gasteiger partial charge is 0.466 e. The molecule has 0 spiro atoms. The molecule has 450 valence electrons. The van der Waals surface area contributed by atoms with E-state index in [2.05, 4.69) is 31.3 Å². The van der Waals surface area contributed by atoms with Crippen LogP contribution in [0.5, 0.6) is 0 Å². The summed E-state index contributed by atoms with van der Waals surface area (Å²) in [6, 6.07) is -0.629. The van der Waals surface area contributed by atoms with Crippen molar-refractivity contribution < 1.29 is 24.5 Å². The summed E-state index contributed by atoms with van der Waals surface area (Å²) in [5, 5.41) is 23.2. The molecule has 1 amide bonds. The van der Waals surface area contributed by atoms with Crippen molar-refractivity contribution in [3.05, 3.63) is 24.3 Å². The highest BCUT2D eigenvalue weighted by Gasteiger charge is 2.18. The van der Waals surface area contributed by atoms with Crippen LogP contribution in [0, 0.1) is 0 Å². The van der Waals surface area contributed by atoms with Crippen molar-refractivity contribution in [1.82, 2.24) is 5.32 Å². The standard InChI is InChI=1S/C70H135NO5/c1-3-5-7-9-11-13-15-17-19-21-22-25-28-31-34-38-42-46-50-54-58-62-68(73)67(66-72)71-69(74)63-59-55-51-47-43-39-35-32-29-26-23-24-27-30-33-37-41-45-49-53-57-61-65-76-70(75)64-60-56-52-48-44-40-36-20-18-16-14-12-10-8-6-4-2/h20,36,58,62,67-68,72-73H,3-19,21-35,37-57,59-61,63-66H2,1-2H3,(H,71,74)/b36-20-,62-58+. The molecule has 0 rings (SSSR count). The second kappa shape index (κ2) is 65.9. The fourth-order valence-corrected chi connectivity index (χ4v) is 10.9. The summed E-state index contributed by atoms with van der Waals surface area (Å²) in [7, 11) is 0. The summed E-state index contributed by atoms with van der Waals surface area (Å²) in [4.78, 5) is 24.6. The molecule has 0 aliphatic rings. The summed E-state index contributed by atoms with van der Waals surface area (Å²) in [5.74, 6) is -0.0582. The van der Waals surface area contributed by atoms with Crippen LogP contribution in [0.4, 0.5) is 0 Å². The highest BCUT2D eigenvalue weighted by atomic mass is 16.5. The van der Waals surface area contributed by atoms with E-state index in [0.717, 1.165) is 44.9 Å². The minimum absolute atomic E-state index is 0.00615. The molecule has 0 aliphatic heterocycles. The van der Waals surface area contributed by atoms with Gasteiger partial charge >= 0.3 is 5.97 Å². The summed E-state index contributed by atoms with van der Waals surface area (Å²) >= 11 is 0. The highest BCUT2D eigenvalue weighted by Crippen LogP contribution is 2.19. The molecule has 0 aromatic rings. The van der Waals surface area contributed by atoms with Gasteiger partial charge in [0.15, 0.2) is 0 Å². The number of rotatable bonds is 65. The SMILES string of the molecule is CCCCCCCCC/C=C\CCCCCCCC(=O)OCCCCCCCCCCCCCCCCCCCCCCCCC(=O)NC(CO)C(O)/C=C/CCCCCCCCCCCCCCCCCCCCC. The van der Waals surface area contributed by atoms with Crippen molar-refractivity contribution in [3.8, 4) is 0 Å². The molecule has 6 heteroatoms. The molecule has 0 aromatic heterocycles. The van der Waals surface area contributed by atoms with Crippen LogP contribution in [0.15, 0.2) is 24.3 Å². The van der Waals surface area contributed by atoms with Gasteiger partial charge in [0.2, 0.25) is 5.91 Å². The maximum absolute atomic E-state index is 12.5. The Bertz CT molecular complexity index is 1190. The van der Waals surface area contributed by atoms with Crippen molar-refractivity contribution in [2.45, 2.75) is 398 Å². The zero-order valence-corrected chi connectivity index (χ0v) is 51.5. The fourth-order valence-electron chi connectivity index (χ4n) is 10.9. The van der Waals surface area contributed by atoms with Gasteiger partial charge in [-0.1, -0.05) is 340 Å². The first kappa shape index (κ1) is 74.3. The molecule has 0 bridgehead atoms. The van der Waals surface area contributed by atoms with Gasteiger partial charge in [0.25, 0.3) is 0 Å². The first-order valence-corrected chi connectivity index (χ1v) is 34.6. The average Bonchev–Trinajstić information content (AvgIpc) is 3.42. The van der Waals surface area contributed by atoms with Crippen LogP contribution in [-0.2, 0) is 14.3 Å². The number of aliphatic hydroxyl groups excluding tert-OH is 2. The number of unbranched alkanes of at least 4 members (excludes halogenated alkanes) is 52. The van der Waals surface area contributed by atoms with Gasteiger partial charge in [-0.3, -0.25) is 9.59 Å². The van der Waals surface area contributed by atoms with Gasteiger partial charge in [-0.2, -0.15) is 0 Å². The van der Waals surface area contributed by atoms with E-state index in [1.54, 1.807) is 6.08 Å². The van der Waals surface area contributed by atoms with E-state index in [1.165, 1.54) is 315 Å². The molecule has 76 heavy (non-hydrogen) atoms. The number of hydrogen-bond donors (Lipinski definition) is 3. The normalized spacial score (nSPS) is 12.6. The van der Waals surface area contributed by atoms with Gasteiger partial charge in [0, 0.05) is 12.8 Å². The molecule has 0 aromatic carbocycles. The Morgan fingerprint density at radius 3 is 0.934 bits per heavy atom. The number of ether oxygens (including phenoxy) is 1. The number of hydrogen-bond acceptors (Lipinski definition) is 5. The van der Waals surface area contributed by atoms with E-state index < -0.39 is 12.1 Å². The molecular weight excluding hydrogens is 935 g/mol. The number of carbonyl (C=O) groups is 2. The third kappa shape index (κ3) is 61.6. The molecule has 0 heterocycles. The van der Waals surface area contributed by atoms with Crippen molar-refractivity contribution in [2.75, 3.05) is 13.2 Å². The Morgan fingerprint density at radius 1 is 0.355 bits per heavy atom. The molecule has 0 aliphatic carbocycles. The molecule has 3 N–H and O–H groups in total. The zero-order valence-electron chi connectivity index (χ0n) is 51.5. The summed E-state index contributed by atoms with van der Waals surface area (Å²) < 4.78 is 5.49. The third-order valence-corrected chi connectivity index (χ3v) is 16.2. The van der Waals surface area contributed by atoms with Crippen LogP contribution >= 0.6 is 0 Å². The van der Waals surface area contributed by atoms with Crippen LogP contribution < -0.4 is 5.32 Å². The van der Waals surface area contributed by atoms with E-state index in [1.807, 2.05) is 6.08 Å². The Kier molecular flexibility index (Phi) is 64.4. The van der Waals surface area contributed by atoms with E-state index in [9.17, 15) is 19.8 Å². The minimum Gasteiger partial charge on any atom is -0.466 e. The van der Waals surface area contributed by atoms with Crippen molar-refractivity contribution in [1.29, 1.82) is 0 Å². The lowest BCUT2D eigenvalue weighted by Crippen LogP contribution is -2.45. The molecular formula is C70H135NO5. The molecule has 0 radical (unpaired) electrons. The molecule has 0 saturated carbocycles. The van der Waals surface area contributed by atoms with E-state index >= 15 is 0 Å². The number of nitrogens with one attached hydrogen (secondary N) is 1. The first-order valence-electron chi connectivity index (χ1n) is 34.6. The number of allylic oxidation sites excluding steroid dienone is 3. The topological polar surface area (TPSA) is 95.9 Å². The van der Waals surface area contributed by atoms with Gasteiger partial charge in [0.1, 0.15) is 0 Å². The van der Waals surface area contributed by atoms with E-state index in [0.29, 0.717) is 19.4 Å². The molecule has 2 unspecified atom stereocenters. The van der Waals surface area contributed by atoms with Gasteiger partial charge in [0.05, 0.1) is 25.4 Å². The van der Waals surface area contributed by atoms with Gasteiger partial charge in [-0.15, -0.1) is 0 Å². The average molecular weight is 1070 g/mol. The van der Waals surface area contributed by atoms with Crippen LogP contribution in [0.2, 0.25) is 0 Å². The van der Waals surface area contributed by atoms with E-state index in [-0.39, 0.29) is 18.5 Å². The lowest BCUT2D eigenvalue weighted by molar-refractivity contribution is -0.143. The third-order valence-electron chi connectivity index (χ3n) is 16.2. The molecule has 0 saturated heterocycles. The number of aliphatic hydroxyl groups is 2. The van der Waals surface area contributed by atoms with Gasteiger partial charge in [-0.05, 0) is 57.8 Å². The maximum Gasteiger partial charge on any atom is 0.305 e. The lowest BCUT2D eigenvalue weighted by Gasteiger charge is -2.20. The molecule has 6 nitrogen and oxygen atoms in total. The summed E-state index contributed by atoms with van der Waals surface area (Å²) in [5.41, 5.74) is 0. The van der Waals surface area contributed by atoms with Crippen molar-refractivity contribution in [2.24, 2.45) is 0 Å². The number of carbonyl (C=O) groups excluding carboxylic acids is 2. The highest BCUT2D eigenvalue weighted by molar-refractivity contribution is 5.76. The second-order valence-corrected chi connectivity index (χ2v) is 23.9. The van der Waals surface area contributed by atoms with Crippen molar-refractivity contribution in [3.63, 3.8) is 0 Å². The summed E-state index contributed by atoms with van der Waals surface area (Å²) in [6.45, 7) is 4.93. The van der Waals surface area contributed by atoms with E-state index in [4.69, 9.17) is 4.74 Å². The maximum atomic E-state index is 12.5. The predicted molar refractivity (Wildman–Crippen MR) is 333 cm³/mol. The Morgan fingerprint density at radius 2 is 0.618 bits per heavy atom. The van der Waals surface area contributed by atoms with Crippen LogP contribution in [-0.4, -0.2) is 47.4 Å². The van der Waals surface area contributed by atoms with Crippen LogP contribution in [0.3, 0.4) is 0 Å². The lowest BCUT2D eigenvalue weighted by atomic mass is 10.0. The Labute approximate surface area is 475 Å². The number of amides is 1. The van der Waals surface area contributed by atoms with Gasteiger partial charge < -0.3 is 20.3 Å².